The summed E-state index contributed by atoms with van der Waals surface area (Å²) < 4.78 is 19.4. The standard InChI is InChI=1S/C26H36FNO/c1-2-3-4-20-9-11-23(12-10-20)24-13-15-26(16-14-24)29-19-22-7-5-21(6-8-22)17-25(27)18-28/h9-12,17,21-22,24,26H,2-8,13-16,19H2,1H3/t21-,22-,24-,26-. The Hall–Kier alpha value is -1.66. The van der Waals surface area contributed by atoms with E-state index in [2.05, 4.69) is 31.2 Å². The largest absolute Gasteiger partial charge is 0.378 e. The second-order valence-corrected chi connectivity index (χ2v) is 9.06. The minimum atomic E-state index is -0.628. The van der Waals surface area contributed by atoms with Crippen LogP contribution in [-0.4, -0.2) is 12.7 Å². The molecule has 2 fully saturated rings. The summed E-state index contributed by atoms with van der Waals surface area (Å²) in [5.74, 6) is 0.886. The lowest BCUT2D eigenvalue weighted by molar-refractivity contribution is -0.00340. The summed E-state index contributed by atoms with van der Waals surface area (Å²) >= 11 is 0. The van der Waals surface area contributed by atoms with Gasteiger partial charge < -0.3 is 4.74 Å². The first-order valence-corrected chi connectivity index (χ1v) is 11.7. The molecule has 2 nitrogen and oxygen atoms in total. The van der Waals surface area contributed by atoms with Crippen LogP contribution in [0.15, 0.2) is 36.2 Å². The van der Waals surface area contributed by atoms with Crippen LogP contribution in [-0.2, 0) is 11.2 Å². The van der Waals surface area contributed by atoms with Gasteiger partial charge in [0.2, 0.25) is 0 Å². The summed E-state index contributed by atoms with van der Waals surface area (Å²) in [5.41, 5.74) is 2.97. The molecule has 0 atom stereocenters. The number of unbranched alkanes of at least 4 members (excludes halogenated alkanes) is 1. The molecule has 0 aromatic heterocycles. The van der Waals surface area contributed by atoms with Crippen molar-refractivity contribution in [1.82, 2.24) is 0 Å². The highest BCUT2D eigenvalue weighted by atomic mass is 19.1. The van der Waals surface area contributed by atoms with Gasteiger partial charge in [0, 0.05) is 6.61 Å². The van der Waals surface area contributed by atoms with Gasteiger partial charge >= 0.3 is 0 Å². The van der Waals surface area contributed by atoms with Crippen LogP contribution < -0.4 is 0 Å². The number of benzene rings is 1. The van der Waals surface area contributed by atoms with E-state index in [-0.39, 0.29) is 5.92 Å². The number of allylic oxidation sites excluding steroid dienone is 2. The lowest BCUT2D eigenvalue weighted by atomic mass is 9.81. The van der Waals surface area contributed by atoms with E-state index >= 15 is 0 Å². The van der Waals surface area contributed by atoms with Gasteiger partial charge in [0.1, 0.15) is 6.07 Å². The van der Waals surface area contributed by atoms with Gasteiger partial charge in [-0.05, 0) is 99.2 Å². The summed E-state index contributed by atoms with van der Waals surface area (Å²) in [6.07, 6.45) is 14.5. The zero-order valence-electron chi connectivity index (χ0n) is 17.9. The van der Waals surface area contributed by atoms with Crippen molar-refractivity contribution >= 4 is 0 Å². The van der Waals surface area contributed by atoms with Crippen molar-refractivity contribution in [3.05, 3.63) is 47.3 Å². The predicted molar refractivity (Wildman–Crippen MR) is 116 cm³/mol. The Morgan fingerprint density at radius 3 is 2.38 bits per heavy atom. The van der Waals surface area contributed by atoms with Crippen LogP contribution in [0.1, 0.15) is 88.2 Å². The molecule has 158 valence electrons. The Morgan fingerprint density at radius 1 is 1.07 bits per heavy atom. The molecule has 29 heavy (non-hydrogen) atoms. The molecule has 0 heterocycles. The summed E-state index contributed by atoms with van der Waals surface area (Å²) in [5, 5.41) is 8.57. The van der Waals surface area contributed by atoms with E-state index in [4.69, 9.17) is 10.00 Å². The lowest BCUT2D eigenvalue weighted by Gasteiger charge is -2.32. The number of nitrogens with zero attached hydrogens (tertiary/aromatic N) is 1. The average molecular weight is 398 g/mol. The first kappa shape index (κ1) is 22.0. The highest BCUT2D eigenvalue weighted by Gasteiger charge is 2.25. The normalized spacial score (nSPS) is 28.1. The van der Waals surface area contributed by atoms with E-state index < -0.39 is 5.83 Å². The van der Waals surface area contributed by atoms with Gasteiger partial charge in [-0.2, -0.15) is 9.65 Å². The van der Waals surface area contributed by atoms with Crippen LogP contribution >= 0.6 is 0 Å². The molecule has 0 unspecified atom stereocenters. The summed E-state index contributed by atoms with van der Waals surface area (Å²) in [7, 11) is 0. The maximum atomic E-state index is 13.1. The van der Waals surface area contributed by atoms with Crippen molar-refractivity contribution in [3.63, 3.8) is 0 Å². The Labute approximate surface area is 176 Å². The van der Waals surface area contributed by atoms with E-state index in [9.17, 15) is 4.39 Å². The number of rotatable bonds is 8. The minimum Gasteiger partial charge on any atom is -0.378 e. The van der Waals surface area contributed by atoms with Crippen molar-refractivity contribution < 1.29 is 9.13 Å². The van der Waals surface area contributed by atoms with Gasteiger partial charge in [-0.25, -0.2) is 0 Å². The summed E-state index contributed by atoms with van der Waals surface area (Å²) in [6, 6.07) is 10.9. The molecule has 0 radical (unpaired) electrons. The number of halogens is 1. The molecule has 3 rings (SSSR count). The van der Waals surface area contributed by atoms with Gasteiger partial charge in [-0.3, -0.25) is 0 Å². The molecule has 0 bridgehead atoms. The number of ether oxygens (including phenoxy) is 1. The Balaban J connectivity index is 1.35. The molecule has 3 heteroatoms. The fourth-order valence-electron chi connectivity index (χ4n) is 4.94. The molecule has 1 aromatic rings. The molecule has 1 aromatic carbocycles. The van der Waals surface area contributed by atoms with E-state index in [0.29, 0.717) is 17.9 Å². The van der Waals surface area contributed by atoms with Crippen molar-refractivity contribution in [3.8, 4) is 6.07 Å². The molecular weight excluding hydrogens is 361 g/mol. The summed E-state index contributed by atoms with van der Waals surface area (Å²) in [6.45, 7) is 3.09. The second kappa shape index (κ2) is 11.5. The molecule has 0 amide bonds. The second-order valence-electron chi connectivity index (χ2n) is 9.06. The highest BCUT2D eigenvalue weighted by Crippen LogP contribution is 2.36. The van der Waals surface area contributed by atoms with Gasteiger partial charge in [0.15, 0.2) is 5.83 Å². The molecule has 0 N–H and O–H groups in total. The van der Waals surface area contributed by atoms with Crippen molar-refractivity contribution in [2.75, 3.05) is 6.61 Å². The maximum Gasteiger partial charge on any atom is 0.196 e. The van der Waals surface area contributed by atoms with Crippen LogP contribution in [0.3, 0.4) is 0 Å². The van der Waals surface area contributed by atoms with Gasteiger partial charge in [-0.1, -0.05) is 37.6 Å². The Kier molecular flexibility index (Phi) is 8.74. The van der Waals surface area contributed by atoms with Crippen LogP contribution in [0, 0.1) is 23.2 Å². The molecule has 2 aliphatic carbocycles. The highest BCUT2D eigenvalue weighted by molar-refractivity contribution is 5.26. The van der Waals surface area contributed by atoms with Gasteiger partial charge in [-0.15, -0.1) is 0 Å². The minimum absolute atomic E-state index is 0.231. The maximum absolute atomic E-state index is 13.1. The molecular formula is C26H36FNO. The number of aryl methyl sites for hydroxylation is 1. The number of nitriles is 1. The smallest absolute Gasteiger partial charge is 0.196 e. The Bertz CT molecular complexity index is 674. The van der Waals surface area contributed by atoms with Crippen LogP contribution in [0.2, 0.25) is 0 Å². The third-order valence-electron chi connectivity index (χ3n) is 6.89. The molecule has 0 aliphatic heterocycles. The first-order chi connectivity index (χ1) is 14.2. The third kappa shape index (κ3) is 6.96. The molecule has 0 saturated heterocycles. The quantitative estimate of drug-likeness (QED) is 0.433. The van der Waals surface area contributed by atoms with Gasteiger partial charge in [0.25, 0.3) is 0 Å². The van der Waals surface area contributed by atoms with Crippen molar-refractivity contribution in [2.45, 2.75) is 89.6 Å². The molecule has 0 spiro atoms. The monoisotopic (exact) mass is 397 g/mol. The van der Waals surface area contributed by atoms with Crippen LogP contribution in [0.5, 0.6) is 0 Å². The number of hydrogen-bond acceptors (Lipinski definition) is 2. The number of hydrogen-bond donors (Lipinski definition) is 0. The van der Waals surface area contributed by atoms with Gasteiger partial charge in [0.05, 0.1) is 6.10 Å². The fourth-order valence-corrected chi connectivity index (χ4v) is 4.94. The first-order valence-electron chi connectivity index (χ1n) is 11.7. The lowest BCUT2D eigenvalue weighted by Crippen LogP contribution is -2.25. The molecule has 2 saturated carbocycles. The average Bonchev–Trinajstić information content (AvgIpc) is 2.78. The predicted octanol–water partition coefficient (Wildman–Crippen LogP) is 7.26. The fraction of sp³-hybridized carbons (Fsp3) is 0.654. The zero-order chi connectivity index (χ0) is 20.5. The van der Waals surface area contributed by atoms with E-state index in [0.717, 1.165) is 45.1 Å². The molecule has 2 aliphatic rings. The van der Waals surface area contributed by atoms with E-state index in [1.165, 1.54) is 49.3 Å². The summed E-state index contributed by atoms with van der Waals surface area (Å²) in [4.78, 5) is 0. The van der Waals surface area contributed by atoms with Crippen molar-refractivity contribution in [1.29, 1.82) is 5.26 Å². The van der Waals surface area contributed by atoms with Crippen LogP contribution in [0.4, 0.5) is 4.39 Å². The zero-order valence-corrected chi connectivity index (χ0v) is 17.9. The Morgan fingerprint density at radius 2 is 1.76 bits per heavy atom. The van der Waals surface area contributed by atoms with E-state index in [1.54, 1.807) is 6.07 Å². The third-order valence-corrected chi connectivity index (χ3v) is 6.89. The van der Waals surface area contributed by atoms with Crippen LogP contribution in [0.25, 0.3) is 0 Å². The topological polar surface area (TPSA) is 33.0 Å². The van der Waals surface area contributed by atoms with E-state index in [1.807, 2.05) is 0 Å². The SMILES string of the molecule is CCCCc1ccc([C@H]2CC[C@H](OC[C@H]3CC[C@H](C=C(F)C#N)CC3)CC2)cc1. The van der Waals surface area contributed by atoms with Crippen molar-refractivity contribution in [2.24, 2.45) is 11.8 Å².